The maximum atomic E-state index is 12.2. The number of nitrogens with one attached hydrogen (secondary N) is 1. The minimum Gasteiger partial charge on any atom is -0.339 e. The molecule has 2 heterocycles. The largest absolute Gasteiger partial charge is 0.339 e. The molecule has 7 nitrogen and oxygen atoms in total. The van der Waals surface area contributed by atoms with E-state index in [0.29, 0.717) is 31.0 Å². The highest BCUT2D eigenvalue weighted by molar-refractivity contribution is 5.91. The molecule has 1 amide bonds. The highest BCUT2D eigenvalue weighted by atomic mass is 16.5. The summed E-state index contributed by atoms with van der Waals surface area (Å²) in [6, 6.07) is 6.24. The molecule has 0 atom stereocenters. The first-order valence-electron chi connectivity index (χ1n) is 8.65. The lowest BCUT2D eigenvalue weighted by atomic mass is 10.1. The van der Waals surface area contributed by atoms with Crippen molar-refractivity contribution in [3.05, 3.63) is 52.9 Å². The summed E-state index contributed by atoms with van der Waals surface area (Å²) in [5.74, 6) is 1.12. The first-order valence-corrected chi connectivity index (χ1v) is 8.65. The zero-order valence-electron chi connectivity index (χ0n) is 15.5. The predicted molar refractivity (Wildman–Crippen MR) is 98.4 cm³/mol. The van der Waals surface area contributed by atoms with Gasteiger partial charge in [0.1, 0.15) is 0 Å². The molecule has 3 aromatic rings. The van der Waals surface area contributed by atoms with Crippen molar-refractivity contribution < 1.29 is 9.32 Å². The number of aromatic nitrogens is 4. The molecule has 136 valence electrons. The quantitative estimate of drug-likeness (QED) is 0.733. The number of amides is 1. The minimum absolute atomic E-state index is 0.0511. The molecule has 0 spiro atoms. The van der Waals surface area contributed by atoms with Crippen molar-refractivity contribution in [1.82, 2.24) is 19.9 Å². The maximum absolute atomic E-state index is 12.2. The Hall–Kier alpha value is -2.96. The molecule has 0 aliphatic rings. The van der Waals surface area contributed by atoms with Gasteiger partial charge in [-0.2, -0.15) is 10.1 Å². The van der Waals surface area contributed by atoms with Gasteiger partial charge in [0.2, 0.25) is 11.8 Å². The highest BCUT2D eigenvalue weighted by Gasteiger charge is 2.13. The molecule has 0 radical (unpaired) electrons. The summed E-state index contributed by atoms with van der Waals surface area (Å²) in [5.41, 5.74) is 4.95. The van der Waals surface area contributed by atoms with Crippen LogP contribution in [0.3, 0.4) is 0 Å². The number of carbonyl (C=O) groups is 1. The SMILES string of the molecule is Cc1ccc(C)c(-n2ncc(NC(=O)CCCc3nc(C)no3)c2C)c1. The van der Waals surface area contributed by atoms with Crippen LogP contribution in [0.25, 0.3) is 5.69 Å². The Morgan fingerprint density at radius 2 is 2.04 bits per heavy atom. The van der Waals surface area contributed by atoms with Gasteiger partial charge in [-0.05, 0) is 51.3 Å². The number of rotatable bonds is 6. The Kier molecular flexibility index (Phi) is 5.16. The van der Waals surface area contributed by atoms with Crippen LogP contribution in [0, 0.1) is 27.7 Å². The minimum atomic E-state index is -0.0511. The monoisotopic (exact) mass is 353 g/mol. The summed E-state index contributed by atoms with van der Waals surface area (Å²) < 4.78 is 6.91. The van der Waals surface area contributed by atoms with Crippen molar-refractivity contribution in [3.63, 3.8) is 0 Å². The van der Waals surface area contributed by atoms with Crippen LogP contribution in [-0.4, -0.2) is 25.8 Å². The van der Waals surface area contributed by atoms with E-state index in [4.69, 9.17) is 4.52 Å². The van der Waals surface area contributed by atoms with E-state index in [-0.39, 0.29) is 5.91 Å². The molecule has 3 rings (SSSR count). The van der Waals surface area contributed by atoms with Crippen LogP contribution in [0.2, 0.25) is 0 Å². The van der Waals surface area contributed by atoms with Crippen LogP contribution < -0.4 is 5.32 Å². The van der Waals surface area contributed by atoms with Crippen LogP contribution in [0.1, 0.15) is 41.4 Å². The van der Waals surface area contributed by atoms with Gasteiger partial charge in [-0.25, -0.2) is 4.68 Å². The van der Waals surface area contributed by atoms with Crippen LogP contribution in [0.15, 0.2) is 28.9 Å². The number of benzene rings is 1. The number of anilines is 1. The molecule has 0 saturated heterocycles. The highest BCUT2D eigenvalue weighted by Crippen LogP contribution is 2.22. The zero-order chi connectivity index (χ0) is 18.7. The van der Waals surface area contributed by atoms with Gasteiger partial charge in [0, 0.05) is 12.8 Å². The lowest BCUT2D eigenvalue weighted by molar-refractivity contribution is -0.116. The number of carbonyl (C=O) groups excluding carboxylic acids is 1. The van der Waals surface area contributed by atoms with Gasteiger partial charge in [0.25, 0.3) is 0 Å². The number of hydrogen-bond acceptors (Lipinski definition) is 5. The lowest BCUT2D eigenvalue weighted by Crippen LogP contribution is -2.12. The van der Waals surface area contributed by atoms with Crippen molar-refractivity contribution >= 4 is 11.6 Å². The Balaban J connectivity index is 1.62. The third-order valence-electron chi connectivity index (χ3n) is 4.24. The molecule has 0 saturated carbocycles. The summed E-state index contributed by atoms with van der Waals surface area (Å²) in [6.45, 7) is 7.82. The molecular weight excluding hydrogens is 330 g/mol. The number of hydrogen-bond donors (Lipinski definition) is 1. The van der Waals surface area contributed by atoms with Gasteiger partial charge >= 0.3 is 0 Å². The van der Waals surface area contributed by atoms with Gasteiger partial charge in [0.15, 0.2) is 5.82 Å². The fourth-order valence-electron chi connectivity index (χ4n) is 2.78. The van der Waals surface area contributed by atoms with E-state index >= 15 is 0 Å². The normalized spacial score (nSPS) is 10.9. The standard InChI is InChI=1S/C19H23N5O2/c1-12-8-9-13(2)17(10-12)24-14(3)16(11-20-24)22-18(25)6-5-7-19-21-15(4)23-26-19/h8-11H,5-7H2,1-4H3,(H,22,25). The van der Waals surface area contributed by atoms with E-state index in [1.54, 1.807) is 13.1 Å². The molecule has 0 aliphatic carbocycles. The first kappa shape index (κ1) is 17.8. The maximum Gasteiger partial charge on any atom is 0.226 e. The van der Waals surface area contributed by atoms with Crippen molar-refractivity contribution in [2.45, 2.75) is 47.0 Å². The van der Waals surface area contributed by atoms with Gasteiger partial charge < -0.3 is 9.84 Å². The Labute approximate surface area is 152 Å². The number of aryl methyl sites for hydroxylation is 4. The molecule has 0 unspecified atom stereocenters. The van der Waals surface area contributed by atoms with Crippen LogP contribution in [0.5, 0.6) is 0 Å². The fraction of sp³-hybridized carbons (Fsp3) is 0.368. The average Bonchev–Trinajstić information content (AvgIpc) is 3.16. The molecule has 0 aliphatic heterocycles. The van der Waals surface area contributed by atoms with E-state index in [1.807, 2.05) is 18.5 Å². The van der Waals surface area contributed by atoms with E-state index in [9.17, 15) is 4.79 Å². The molecule has 2 aromatic heterocycles. The Bertz CT molecular complexity index is 926. The summed E-state index contributed by atoms with van der Waals surface area (Å²) in [7, 11) is 0. The molecule has 1 N–H and O–H groups in total. The second kappa shape index (κ2) is 7.51. The zero-order valence-corrected chi connectivity index (χ0v) is 15.5. The van der Waals surface area contributed by atoms with Crippen LogP contribution in [-0.2, 0) is 11.2 Å². The molecule has 26 heavy (non-hydrogen) atoms. The molecule has 0 bridgehead atoms. The van der Waals surface area contributed by atoms with E-state index < -0.39 is 0 Å². The molecule has 7 heteroatoms. The third kappa shape index (κ3) is 3.99. The van der Waals surface area contributed by atoms with Gasteiger partial charge in [0.05, 0.1) is 23.3 Å². The Morgan fingerprint density at radius 3 is 2.77 bits per heavy atom. The topological polar surface area (TPSA) is 85.8 Å². The fourth-order valence-corrected chi connectivity index (χ4v) is 2.78. The lowest BCUT2D eigenvalue weighted by Gasteiger charge is -2.10. The summed E-state index contributed by atoms with van der Waals surface area (Å²) >= 11 is 0. The molecule has 0 fully saturated rings. The van der Waals surface area contributed by atoms with Crippen molar-refractivity contribution in [1.29, 1.82) is 0 Å². The van der Waals surface area contributed by atoms with Crippen molar-refractivity contribution in [2.75, 3.05) is 5.32 Å². The van der Waals surface area contributed by atoms with E-state index in [1.165, 1.54) is 5.56 Å². The van der Waals surface area contributed by atoms with Crippen LogP contribution >= 0.6 is 0 Å². The first-order chi connectivity index (χ1) is 12.4. The Morgan fingerprint density at radius 1 is 1.23 bits per heavy atom. The van der Waals surface area contributed by atoms with Gasteiger partial charge in [-0.15, -0.1) is 0 Å². The van der Waals surface area contributed by atoms with Crippen molar-refractivity contribution in [3.8, 4) is 5.69 Å². The molecular formula is C19H23N5O2. The number of nitrogens with zero attached hydrogens (tertiary/aromatic N) is 4. The van der Waals surface area contributed by atoms with E-state index in [0.717, 1.165) is 22.6 Å². The third-order valence-corrected chi connectivity index (χ3v) is 4.24. The summed E-state index contributed by atoms with van der Waals surface area (Å²) in [4.78, 5) is 16.3. The second-order valence-electron chi connectivity index (χ2n) is 6.48. The van der Waals surface area contributed by atoms with E-state index in [2.05, 4.69) is 45.7 Å². The molecule has 1 aromatic carbocycles. The average molecular weight is 353 g/mol. The van der Waals surface area contributed by atoms with Crippen molar-refractivity contribution in [2.24, 2.45) is 0 Å². The van der Waals surface area contributed by atoms with Gasteiger partial charge in [-0.3, -0.25) is 4.79 Å². The summed E-state index contributed by atoms with van der Waals surface area (Å²) in [5, 5.41) is 11.1. The van der Waals surface area contributed by atoms with Gasteiger partial charge in [-0.1, -0.05) is 17.3 Å². The van der Waals surface area contributed by atoms with Crippen LogP contribution in [0.4, 0.5) is 5.69 Å². The second-order valence-corrected chi connectivity index (χ2v) is 6.48. The summed E-state index contributed by atoms with van der Waals surface area (Å²) in [6.07, 6.45) is 3.32. The predicted octanol–water partition coefficient (Wildman–Crippen LogP) is 3.45. The smallest absolute Gasteiger partial charge is 0.226 e.